The fourth-order valence-electron chi connectivity index (χ4n) is 1.77. The van der Waals surface area contributed by atoms with Crippen LogP contribution in [0.25, 0.3) is 0 Å². The highest BCUT2D eigenvalue weighted by atomic mass is 19.4. The summed E-state index contributed by atoms with van der Waals surface area (Å²) in [6.45, 7) is 1.80. The molecule has 0 fully saturated rings. The number of quaternary nitrogens is 1. The van der Waals surface area contributed by atoms with Gasteiger partial charge in [-0.2, -0.15) is 13.2 Å². The number of alkyl halides is 3. The first-order chi connectivity index (χ1) is 10.7. The maximum absolute atomic E-state index is 14.0. The first-order valence-corrected chi connectivity index (χ1v) is 6.69. The number of rotatable bonds is 6. The predicted octanol–water partition coefficient (Wildman–Crippen LogP) is 1.94. The molecule has 128 valence electrons. The lowest BCUT2D eigenvalue weighted by atomic mass is 9.99. The van der Waals surface area contributed by atoms with Crippen LogP contribution in [0.2, 0.25) is 0 Å². The summed E-state index contributed by atoms with van der Waals surface area (Å²) in [4.78, 5) is 11.5. The minimum atomic E-state index is -4.82. The van der Waals surface area contributed by atoms with Crippen LogP contribution in [0, 0.1) is 11.3 Å². The summed E-state index contributed by atoms with van der Waals surface area (Å²) in [6, 6.07) is 0. The molecule has 0 radical (unpaired) electrons. The number of nitrogens with two attached hydrogens (primary N) is 1. The molecule has 1 aliphatic rings. The van der Waals surface area contributed by atoms with E-state index in [-0.39, 0.29) is 24.6 Å². The van der Waals surface area contributed by atoms with Gasteiger partial charge in [0.15, 0.2) is 11.5 Å². The molecule has 0 amide bonds. The quantitative estimate of drug-likeness (QED) is 0.337. The lowest BCUT2D eigenvalue weighted by molar-refractivity contribution is -0.582. The van der Waals surface area contributed by atoms with Gasteiger partial charge in [-0.25, -0.2) is 9.71 Å². The maximum atomic E-state index is 14.0. The van der Waals surface area contributed by atoms with Crippen LogP contribution in [0.5, 0.6) is 0 Å². The fourth-order valence-corrected chi connectivity index (χ4v) is 1.77. The molecule has 0 aromatic carbocycles. The zero-order valence-corrected chi connectivity index (χ0v) is 12.5. The van der Waals surface area contributed by atoms with Crippen molar-refractivity contribution >= 4 is 11.7 Å². The van der Waals surface area contributed by atoms with Gasteiger partial charge in [0.1, 0.15) is 5.71 Å². The second-order valence-corrected chi connectivity index (χ2v) is 4.57. The summed E-state index contributed by atoms with van der Waals surface area (Å²) in [5.41, 5.74) is -1.63. The van der Waals surface area contributed by atoms with E-state index in [0.29, 0.717) is 6.08 Å². The Morgan fingerprint density at radius 2 is 2.17 bits per heavy atom. The number of ether oxygens (including phenoxy) is 2. The van der Waals surface area contributed by atoms with E-state index in [2.05, 4.69) is 0 Å². The highest BCUT2D eigenvalue weighted by molar-refractivity contribution is 5.96. The van der Waals surface area contributed by atoms with Gasteiger partial charge in [0.05, 0.1) is 25.7 Å². The zero-order valence-electron chi connectivity index (χ0n) is 12.5. The lowest BCUT2D eigenvalue weighted by Crippen LogP contribution is -2.81. The Bertz CT molecular complexity index is 565. The predicted molar refractivity (Wildman–Crippen MR) is 72.8 cm³/mol. The van der Waals surface area contributed by atoms with E-state index in [1.807, 2.05) is 0 Å². The monoisotopic (exact) mass is 337 g/mol. The molecule has 0 saturated heterocycles. The van der Waals surface area contributed by atoms with E-state index < -0.39 is 29.6 Å². The van der Waals surface area contributed by atoms with Crippen LogP contribution < -0.4 is 5.32 Å². The molecule has 0 spiro atoms. The van der Waals surface area contributed by atoms with Crippen LogP contribution in [-0.2, 0) is 14.3 Å². The average Bonchev–Trinajstić information content (AvgIpc) is 2.47. The molecule has 5 nitrogen and oxygen atoms in total. The third-order valence-electron chi connectivity index (χ3n) is 2.93. The molecule has 0 aromatic rings. The van der Waals surface area contributed by atoms with Crippen LogP contribution in [-0.4, -0.2) is 31.6 Å². The lowest BCUT2D eigenvalue weighted by Gasteiger charge is -2.15. The van der Waals surface area contributed by atoms with Crippen molar-refractivity contribution in [1.82, 2.24) is 0 Å². The molecule has 0 aliphatic heterocycles. The summed E-state index contributed by atoms with van der Waals surface area (Å²) in [5.74, 6) is -2.43. The number of carbonyl (C=O) groups is 1. The van der Waals surface area contributed by atoms with Crippen molar-refractivity contribution in [2.24, 2.45) is 5.92 Å². The van der Waals surface area contributed by atoms with E-state index in [1.165, 1.54) is 6.08 Å². The first-order valence-electron chi connectivity index (χ1n) is 6.69. The number of hydrogen-bond acceptors (Lipinski definition) is 4. The Labute approximate surface area is 130 Å². The molecule has 1 atom stereocenters. The number of allylic oxidation sites excluding steroid dienone is 3. The number of hydrogen-bond donors (Lipinski definition) is 2. The van der Waals surface area contributed by atoms with Gasteiger partial charge in [-0.3, -0.25) is 10.2 Å². The van der Waals surface area contributed by atoms with Gasteiger partial charge in [-0.15, -0.1) is 0 Å². The number of halogens is 4. The molecule has 1 aliphatic carbocycles. The minimum absolute atomic E-state index is 0.0198. The Morgan fingerprint density at radius 3 is 2.65 bits per heavy atom. The van der Waals surface area contributed by atoms with Crippen LogP contribution in [0.3, 0.4) is 0 Å². The Hall–Kier alpha value is -2.16. The second kappa shape index (κ2) is 7.91. The molecule has 1 unspecified atom stereocenters. The topological polar surface area (TPSA) is 76.0 Å². The molecule has 0 bridgehead atoms. The molecule has 3 N–H and O–H groups in total. The molecule has 1 rings (SSSR count). The van der Waals surface area contributed by atoms with E-state index in [9.17, 15) is 22.4 Å². The summed E-state index contributed by atoms with van der Waals surface area (Å²) >= 11 is 0. The summed E-state index contributed by atoms with van der Waals surface area (Å²) in [5, 5.41) is 7.92. The van der Waals surface area contributed by atoms with Crippen LogP contribution in [0.1, 0.15) is 13.3 Å². The van der Waals surface area contributed by atoms with Crippen molar-refractivity contribution in [3.8, 4) is 0 Å². The van der Waals surface area contributed by atoms with Crippen LogP contribution in [0.4, 0.5) is 17.6 Å². The Balaban J connectivity index is 2.81. The molecular formula is C14H17F4N2O3+. The number of methoxy groups -OCH3 is 1. The standard InChI is InChI=1S/C14H16F4N2O3/c1-3-23-13(21)8-4-5-10(9(15)6-8)20-12(22-2)7-11(19)14(16,17)18/h5-8,19-20H,3-4H2,1-2H3/p+1/b12-7+,19-11?. The summed E-state index contributed by atoms with van der Waals surface area (Å²) < 4.78 is 60.4. The van der Waals surface area contributed by atoms with Crippen molar-refractivity contribution in [3.63, 3.8) is 0 Å². The van der Waals surface area contributed by atoms with E-state index in [1.54, 1.807) is 6.92 Å². The van der Waals surface area contributed by atoms with Crippen molar-refractivity contribution in [2.45, 2.75) is 19.5 Å². The Morgan fingerprint density at radius 1 is 1.52 bits per heavy atom. The minimum Gasteiger partial charge on any atom is -0.466 e. The van der Waals surface area contributed by atoms with Crippen molar-refractivity contribution in [1.29, 1.82) is 5.41 Å². The molecule has 9 heteroatoms. The van der Waals surface area contributed by atoms with Crippen molar-refractivity contribution in [2.75, 3.05) is 13.7 Å². The normalized spacial score (nSPS) is 18.9. The molecule has 0 aromatic heterocycles. The van der Waals surface area contributed by atoms with Gasteiger partial charge in [-0.1, -0.05) is 0 Å². The van der Waals surface area contributed by atoms with Gasteiger partial charge in [0.2, 0.25) is 0 Å². The number of nitrogens with one attached hydrogen (secondary N) is 1. The second-order valence-electron chi connectivity index (χ2n) is 4.57. The highest BCUT2D eigenvalue weighted by Gasteiger charge is 2.34. The molecule has 0 heterocycles. The van der Waals surface area contributed by atoms with E-state index in [0.717, 1.165) is 18.5 Å². The van der Waals surface area contributed by atoms with E-state index >= 15 is 0 Å². The number of esters is 1. The molecule has 0 saturated carbocycles. The van der Waals surface area contributed by atoms with Crippen LogP contribution in [0.15, 0.2) is 35.6 Å². The number of carbonyl (C=O) groups excluding carboxylic acids is 1. The SMILES string of the molecule is CCOC(=O)C1C=C(F)C([NH2+]/C(=C\C(=N)C(F)(F)F)OC)=CC1. The van der Waals surface area contributed by atoms with Gasteiger partial charge < -0.3 is 9.47 Å². The largest absolute Gasteiger partial charge is 0.466 e. The average molecular weight is 337 g/mol. The van der Waals surface area contributed by atoms with Gasteiger partial charge >= 0.3 is 12.1 Å². The third kappa shape index (κ3) is 5.51. The van der Waals surface area contributed by atoms with Crippen molar-refractivity contribution < 1.29 is 37.1 Å². The Kier molecular flexibility index (Phi) is 6.49. The van der Waals surface area contributed by atoms with E-state index in [4.69, 9.17) is 14.9 Å². The van der Waals surface area contributed by atoms with Crippen molar-refractivity contribution in [3.05, 3.63) is 35.6 Å². The fraction of sp³-hybridized carbons (Fsp3) is 0.429. The zero-order chi connectivity index (χ0) is 17.6. The summed E-state index contributed by atoms with van der Waals surface area (Å²) in [6.07, 6.45) is -1.80. The third-order valence-corrected chi connectivity index (χ3v) is 2.93. The highest BCUT2D eigenvalue weighted by Crippen LogP contribution is 2.22. The summed E-state index contributed by atoms with van der Waals surface area (Å²) in [7, 11) is 1.11. The van der Waals surface area contributed by atoms with Gasteiger partial charge in [0, 0.05) is 0 Å². The first kappa shape index (κ1) is 18.9. The van der Waals surface area contributed by atoms with Gasteiger partial charge in [0.25, 0.3) is 5.88 Å². The van der Waals surface area contributed by atoms with Gasteiger partial charge in [-0.05, 0) is 25.5 Å². The molecule has 23 heavy (non-hydrogen) atoms. The smallest absolute Gasteiger partial charge is 0.433 e. The maximum Gasteiger partial charge on any atom is 0.433 e. The molecular weight excluding hydrogens is 320 g/mol. The van der Waals surface area contributed by atoms with Crippen LogP contribution >= 0.6 is 0 Å².